The monoisotopic (exact) mass is 412 g/mol. The Balaban J connectivity index is 1.52. The number of carbonyl (C=O) groups is 1. The van der Waals surface area contributed by atoms with Gasteiger partial charge >= 0.3 is 0 Å². The van der Waals surface area contributed by atoms with Gasteiger partial charge in [0.25, 0.3) is 5.91 Å². The van der Waals surface area contributed by atoms with Crippen molar-refractivity contribution in [1.29, 1.82) is 0 Å². The largest absolute Gasteiger partial charge is 0.497 e. The summed E-state index contributed by atoms with van der Waals surface area (Å²) in [5.74, 6) is 1.68. The highest BCUT2D eigenvalue weighted by molar-refractivity contribution is 7.20. The molecule has 1 N–H and O–H groups in total. The zero-order chi connectivity index (χ0) is 20.2. The molecule has 2 aromatic heterocycles. The molecule has 1 aliphatic rings. The van der Waals surface area contributed by atoms with Crippen LogP contribution in [-0.2, 0) is 11.2 Å². The molecule has 1 amide bonds. The van der Waals surface area contributed by atoms with Gasteiger partial charge < -0.3 is 19.7 Å². The van der Waals surface area contributed by atoms with Crippen molar-refractivity contribution in [1.82, 2.24) is 14.9 Å². The lowest BCUT2D eigenvalue weighted by Gasteiger charge is -2.26. The predicted molar refractivity (Wildman–Crippen MR) is 114 cm³/mol. The Kier molecular flexibility index (Phi) is 5.92. The molecular weight excluding hydrogens is 388 g/mol. The number of nitrogens with one attached hydrogen (secondary N) is 1. The van der Waals surface area contributed by atoms with Gasteiger partial charge in [-0.15, -0.1) is 11.3 Å². The van der Waals surface area contributed by atoms with Gasteiger partial charge in [0.05, 0.1) is 30.6 Å². The van der Waals surface area contributed by atoms with Gasteiger partial charge in [0, 0.05) is 19.6 Å². The average molecular weight is 413 g/mol. The van der Waals surface area contributed by atoms with E-state index < -0.39 is 0 Å². The maximum absolute atomic E-state index is 13.0. The molecule has 4 rings (SSSR count). The van der Waals surface area contributed by atoms with E-state index in [1.54, 1.807) is 13.4 Å². The van der Waals surface area contributed by atoms with E-state index in [2.05, 4.69) is 21.4 Å². The second kappa shape index (κ2) is 8.75. The summed E-state index contributed by atoms with van der Waals surface area (Å²) in [6, 6.07) is 8.04. The van der Waals surface area contributed by atoms with Crippen molar-refractivity contribution in [3.05, 3.63) is 46.6 Å². The number of morpholine rings is 1. The summed E-state index contributed by atoms with van der Waals surface area (Å²) in [6.45, 7) is 5.14. The molecule has 1 aliphatic heterocycles. The quantitative estimate of drug-likeness (QED) is 0.670. The number of methoxy groups -OCH3 is 1. The fourth-order valence-electron chi connectivity index (χ4n) is 3.47. The third kappa shape index (κ3) is 4.18. The van der Waals surface area contributed by atoms with Gasteiger partial charge in [0.2, 0.25) is 0 Å². The van der Waals surface area contributed by atoms with Crippen LogP contribution in [0.4, 0.5) is 5.82 Å². The molecule has 0 atom stereocenters. The van der Waals surface area contributed by atoms with E-state index >= 15 is 0 Å². The molecule has 1 fully saturated rings. The molecule has 0 spiro atoms. The average Bonchev–Trinajstić information content (AvgIpc) is 3.11. The lowest BCUT2D eigenvalue weighted by Crippen LogP contribution is -2.40. The Hall–Kier alpha value is -2.71. The standard InChI is InChI=1S/C21H24N4O3S/c1-14-17-19(22-7-6-15-4-3-5-16(12-15)27-2)23-13-24-20(17)29-18(14)21(26)25-8-10-28-11-9-25/h3-5,12-13H,6-11H2,1-2H3,(H,22,23,24). The third-order valence-electron chi connectivity index (χ3n) is 5.06. The molecule has 152 valence electrons. The number of amides is 1. The van der Waals surface area contributed by atoms with Crippen molar-refractivity contribution in [2.45, 2.75) is 13.3 Å². The first-order valence-electron chi connectivity index (χ1n) is 9.65. The summed E-state index contributed by atoms with van der Waals surface area (Å²) >= 11 is 1.43. The van der Waals surface area contributed by atoms with Crippen LogP contribution in [0.1, 0.15) is 20.8 Å². The van der Waals surface area contributed by atoms with Crippen molar-refractivity contribution in [3.8, 4) is 5.75 Å². The van der Waals surface area contributed by atoms with Crippen LogP contribution in [0.15, 0.2) is 30.6 Å². The second-order valence-electron chi connectivity index (χ2n) is 6.89. The van der Waals surface area contributed by atoms with E-state index in [4.69, 9.17) is 9.47 Å². The number of rotatable bonds is 6. The van der Waals surface area contributed by atoms with Crippen LogP contribution < -0.4 is 10.1 Å². The van der Waals surface area contributed by atoms with Crippen LogP contribution in [0.25, 0.3) is 10.2 Å². The summed E-state index contributed by atoms with van der Waals surface area (Å²) in [4.78, 5) is 25.2. The van der Waals surface area contributed by atoms with Gasteiger partial charge in [-0.2, -0.15) is 0 Å². The minimum absolute atomic E-state index is 0.0520. The van der Waals surface area contributed by atoms with E-state index in [0.29, 0.717) is 26.3 Å². The Labute approximate surface area is 173 Å². The Morgan fingerprint density at radius 1 is 1.31 bits per heavy atom. The smallest absolute Gasteiger partial charge is 0.264 e. The molecule has 7 nitrogen and oxygen atoms in total. The van der Waals surface area contributed by atoms with Crippen LogP contribution in [0.5, 0.6) is 5.75 Å². The summed E-state index contributed by atoms with van der Waals surface area (Å²) in [5, 5.41) is 4.35. The molecule has 8 heteroatoms. The Morgan fingerprint density at radius 3 is 2.93 bits per heavy atom. The summed E-state index contributed by atoms with van der Waals surface area (Å²) in [6.07, 6.45) is 2.39. The molecule has 0 bridgehead atoms. The summed E-state index contributed by atoms with van der Waals surface area (Å²) in [7, 11) is 1.67. The zero-order valence-electron chi connectivity index (χ0n) is 16.6. The Morgan fingerprint density at radius 2 is 2.14 bits per heavy atom. The van der Waals surface area contributed by atoms with Crippen LogP contribution in [-0.4, -0.2) is 60.7 Å². The number of benzene rings is 1. The van der Waals surface area contributed by atoms with Gasteiger partial charge in [-0.05, 0) is 36.6 Å². The number of hydrogen-bond donors (Lipinski definition) is 1. The predicted octanol–water partition coefficient (Wildman–Crippen LogP) is 3.14. The molecule has 29 heavy (non-hydrogen) atoms. The number of ether oxygens (including phenoxy) is 2. The molecule has 0 unspecified atom stereocenters. The van der Waals surface area contributed by atoms with Crippen molar-refractivity contribution >= 4 is 33.3 Å². The van der Waals surface area contributed by atoms with Crippen molar-refractivity contribution < 1.29 is 14.3 Å². The Bertz CT molecular complexity index is 1010. The van der Waals surface area contributed by atoms with Crippen LogP contribution in [0.3, 0.4) is 0 Å². The molecule has 0 aliphatic carbocycles. The molecule has 0 radical (unpaired) electrons. The number of hydrogen-bond acceptors (Lipinski definition) is 7. The SMILES string of the molecule is COc1cccc(CCNc2ncnc3sc(C(=O)N4CCOCC4)c(C)c23)c1. The zero-order valence-corrected chi connectivity index (χ0v) is 17.4. The highest BCUT2D eigenvalue weighted by Crippen LogP contribution is 2.34. The first kappa shape index (κ1) is 19.6. The lowest BCUT2D eigenvalue weighted by molar-refractivity contribution is 0.0306. The van der Waals surface area contributed by atoms with E-state index in [1.165, 1.54) is 16.9 Å². The minimum atomic E-state index is 0.0520. The maximum atomic E-state index is 13.0. The fraction of sp³-hybridized carbons (Fsp3) is 0.381. The van der Waals surface area contributed by atoms with Crippen LogP contribution in [0.2, 0.25) is 0 Å². The highest BCUT2D eigenvalue weighted by atomic mass is 32.1. The van der Waals surface area contributed by atoms with Gasteiger partial charge in [-0.3, -0.25) is 4.79 Å². The first-order chi connectivity index (χ1) is 14.2. The van der Waals surface area contributed by atoms with Gasteiger partial charge in [-0.1, -0.05) is 12.1 Å². The van der Waals surface area contributed by atoms with Crippen molar-refractivity contribution in [3.63, 3.8) is 0 Å². The van der Waals surface area contributed by atoms with E-state index in [1.807, 2.05) is 30.0 Å². The van der Waals surface area contributed by atoms with Crippen molar-refractivity contribution in [2.75, 3.05) is 45.3 Å². The van der Waals surface area contributed by atoms with Gasteiger partial charge in [0.15, 0.2) is 0 Å². The summed E-state index contributed by atoms with van der Waals surface area (Å²) < 4.78 is 10.6. The van der Waals surface area contributed by atoms with Crippen LogP contribution in [0, 0.1) is 6.92 Å². The number of carbonyl (C=O) groups excluding carboxylic acids is 1. The van der Waals surface area contributed by atoms with E-state index in [-0.39, 0.29) is 5.91 Å². The minimum Gasteiger partial charge on any atom is -0.497 e. The molecule has 0 saturated carbocycles. The second-order valence-corrected chi connectivity index (χ2v) is 7.89. The topological polar surface area (TPSA) is 76.6 Å². The molecular formula is C21H24N4O3S. The maximum Gasteiger partial charge on any atom is 0.264 e. The van der Waals surface area contributed by atoms with Gasteiger partial charge in [0.1, 0.15) is 22.7 Å². The van der Waals surface area contributed by atoms with Crippen LogP contribution >= 0.6 is 11.3 Å². The number of aryl methyl sites for hydroxylation is 1. The number of thiophene rings is 1. The van der Waals surface area contributed by atoms with E-state index in [9.17, 15) is 4.79 Å². The number of aromatic nitrogens is 2. The number of anilines is 1. The molecule has 1 aromatic carbocycles. The molecule has 1 saturated heterocycles. The van der Waals surface area contributed by atoms with E-state index in [0.717, 1.165) is 45.2 Å². The summed E-state index contributed by atoms with van der Waals surface area (Å²) in [5.41, 5.74) is 2.12. The first-order valence-corrected chi connectivity index (χ1v) is 10.5. The molecule has 3 aromatic rings. The molecule has 3 heterocycles. The lowest BCUT2D eigenvalue weighted by atomic mass is 10.1. The van der Waals surface area contributed by atoms with Gasteiger partial charge in [-0.25, -0.2) is 9.97 Å². The highest BCUT2D eigenvalue weighted by Gasteiger charge is 2.24. The number of fused-ring (bicyclic) bond motifs is 1. The normalized spacial score (nSPS) is 14.2. The fourth-order valence-corrected chi connectivity index (χ4v) is 4.59. The van der Waals surface area contributed by atoms with Crippen molar-refractivity contribution in [2.24, 2.45) is 0 Å². The third-order valence-corrected chi connectivity index (χ3v) is 6.25. The number of nitrogens with zero attached hydrogens (tertiary/aromatic N) is 3.